The molecule has 2 saturated carbocycles. The second kappa shape index (κ2) is 18.1. The number of rotatable bonds is 18. The zero-order valence-electron chi connectivity index (χ0n) is 31.1. The van der Waals surface area contributed by atoms with Gasteiger partial charge in [0.15, 0.2) is 11.5 Å². The van der Waals surface area contributed by atoms with E-state index >= 15 is 0 Å². The molecule has 12 nitrogen and oxygen atoms in total. The number of ketones is 1. The summed E-state index contributed by atoms with van der Waals surface area (Å²) in [5.41, 5.74) is -1.52. The molecule has 4 N–H and O–H groups in total. The van der Waals surface area contributed by atoms with Gasteiger partial charge < -0.3 is 35.1 Å². The first-order valence-corrected chi connectivity index (χ1v) is 19.3. The van der Waals surface area contributed by atoms with E-state index in [1.54, 1.807) is 19.1 Å². The first-order valence-electron chi connectivity index (χ1n) is 17.9. The predicted molar refractivity (Wildman–Crippen MR) is 197 cm³/mol. The van der Waals surface area contributed by atoms with Crippen molar-refractivity contribution in [3.8, 4) is 12.3 Å². The van der Waals surface area contributed by atoms with Crippen molar-refractivity contribution < 1.29 is 32.9 Å². The number of carbonyl (C=O) groups excluding carboxylic acids is 5. The van der Waals surface area contributed by atoms with Gasteiger partial charge in [-0.25, -0.2) is 4.79 Å². The first-order chi connectivity index (χ1) is 23.9. The monoisotopic (exact) mass is 727 g/mol. The SMILES string of the molecule is C#CCCC(NC(=O)C(C)N(CC1CC1(C)C)C(=O)[C@@H](NC(=O)NC1(C[S+]([O-])Cc2ccco2)CCCCC1)C(C)(C)C)C(=O)C(=O)NCC=C. The third kappa shape index (κ3) is 12.2. The van der Waals surface area contributed by atoms with Crippen LogP contribution in [0.15, 0.2) is 35.5 Å². The molecule has 0 bridgehead atoms. The highest BCUT2D eigenvalue weighted by Crippen LogP contribution is 2.52. The van der Waals surface area contributed by atoms with Gasteiger partial charge in [0.2, 0.25) is 17.6 Å². The molecule has 3 rings (SSSR count). The molecule has 0 saturated heterocycles. The summed E-state index contributed by atoms with van der Waals surface area (Å²) < 4.78 is 18.6. The molecule has 0 radical (unpaired) electrons. The van der Waals surface area contributed by atoms with Crippen LogP contribution >= 0.6 is 0 Å². The maximum absolute atomic E-state index is 14.6. The van der Waals surface area contributed by atoms with E-state index in [0.29, 0.717) is 18.6 Å². The fourth-order valence-corrected chi connectivity index (χ4v) is 8.13. The van der Waals surface area contributed by atoms with E-state index in [1.165, 1.54) is 17.2 Å². The van der Waals surface area contributed by atoms with E-state index in [0.717, 1.165) is 25.7 Å². The third-order valence-corrected chi connectivity index (χ3v) is 11.5. The van der Waals surface area contributed by atoms with Crippen molar-refractivity contribution in [3.05, 3.63) is 36.8 Å². The maximum atomic E-state index is 14.6. The van der Waals surface area contributed by atoms with Crippen molar-refractivity contribution in [2.24, 2.45) is 16.7 Å². The number of hydrogen-bond acceptors (Lipinski definition) is 7. The number of furan rings is 1. The molecule has 0 aromatic carbocycles. The van der Waals surface area contributed by atoms with Crippen molar-refractivity contribution in [1.29, 1.82) is 0 Å². The molecular formula is C38H57N5O7S. The van der Waals surface area contributed by atoms with Crippen molar-refractivity contribution in [1.82, 2.24) is 26.2 Å². The minimum atomic E-state index is -1.30. The van der Waals surface area contributed by atoms with Gasteiger partial charge in [-0.05, 0) is 72.7 Å². The van der Waals surface area contributed by atoms with Gasteiger partial charge in [-0.15, -0.1) is 18.9 Å². The van der Waals surface area contributed by atoms with Crippen LogP contribution in [-0.2, 0) is 36.1 Å². The van der Waals surface area contributed by atoms with Crippen LogP contribution in [0.5, 0.6) is 0 Å². The van der Waals surface area contributed by atoms with Gasteiger partial charge >= 0.3 is 6.03 Å². The van der Waals surface area contributed by atoms with E-state index in [4.69, 9.17) is 10.8 Å². The molecule has 4 unspecified atom stereocenters. The van der Waals surface area contributed by atoms with Gasteiger partial charge in [0.1, 0.15) is 17.8 Å². The summed E-state index contributed by atoms with van der Waals surface area (Å²) in [5.74, 6) is 0.871. The van der Waals surface area contributed by atoms with Gasteiger partial charge in [0.05, 0.1) is 17.8 Å². The lowest BCUT2D eigenvalue weighted by Crippen LogP contribution is -2.64. The molecule has 5 amide bonds. The van der Waals surface area contributed by atoms with E-state index in [1.807, 2.05) is 20.8 Å². The lowest BCUT2D eigenvalue weighted by molar-refractivity contribution is -0.145. The van der Waals surface area contributed by atoms with Crippen molar-refractivity contribution in [2.45, 2.75) is 122 Å². The molecular weight excluding hydrogens is 671 g/mol. The summed E-state index contributed by atoms with van der Waals surface area (Å²) in [4.78, 5) is 69.1. The van der Waals surface area contributed by atoms with Crippen LogP contribution in [-0.4, -0.2) is 81.5 Å². The molecule has 0 aliphatic heterocycles. The predicted octanol–water partition coefficient (Wildman–Crippen LogP) is 3.98. The minimum absolute atomic E-state index is 0.0377. The average molecular weight is 728 g/mol. The first kappa shape index (κ1) is 41.7. The maximum Gasteiger partial charge on any atom is 0.316 e. The average Bonchev–Trinajstić information content (AvgIpc) is 3.38. The molecule has 0 spiro atoms. The summed E-state index contributed by atoms with van der Waals surface area (Å²) in [6.45, 7) is 15.1. The molecule has 51 heavy (non-hydrogen) atoms. The van der Waals surface area contributed by atoms with Crippen molar-refractivity contribution >= 4 is 40.7 Å². The highest BCUT2D eigenvalue weighted by Gasteiger charge is 2.49. The zero-order valence-corrected chi connectivity index (χ0v) is 31.9. The molecule has 1 heterocycles. The largest absolute Gasteiger partial charge is 0.616 e. The van der Waals surface area contributed by atoms with Gasteiger partial charge in [-0.1, -0.05) is 60.0 Å². The Morgan fingerprint density at radius 2 is 1.84 bits per heavy atom. The molecule has 13 heteroatoms. The third-order valence-electron chi connectivity index (χ3n) is 10.0. The number of hydrogen-bond donors (Lipinski definition) is 4. The fourth-order valence-electron chi connectivity index (χ4n) is 6.57. The Kier molecular flexibility index (Phi) is 14.8. The molecule has 2 fully saturated rings. The Hall–Kier alpha value is -3.76. The molecule has 1 aromatic rings. The molecule has 282 valence electrons. The Balaban J connectivity index is 1.83. The highest BCUT2D eigenvalue weighted by atomic mass is 32.2. The number of terminal acetylenes is 1. The number of nitrogens with one attached hydrogen (secondary N) is 4. The van der Waals surface area contributed by atoms with Gasteiger partial charge in [-0.3, -0.25) is 19.2 Å². The van der Waals surface area contributed by atoms with Crippen LogP contribution < -0.4 is 21.3 Å². The van der Waals surface area contributed by atoms with Crippen LogP contribution in [0, 0.1) is 29.1 Å². The quantitative estimate of drug-likeness (QED) is 0.0767. The highest BCUT2D eigenvalue weighted by molar-refractivity contribution is 7.90. The van der Waals surface area contributed by atoms with E-state index in [2.05, 4.69) is 47.6 Å². The summed E-state index contributed by atoms with van der Waals surface area (Å²) in [6.07, 6.45) is 13.5. The molecule has 5 atom stereocenters. The second-order valence-electron chi connectivity index (χ2n) is 15.8. The number of amides is 5. The van der Waals surface area contributed by atoms with Crippen LogP contribution in [0.25, 0.3) is 0 Å². The zero-order chi connectivity index (χ0) is 38.0. The normalized spacial score (nSPS) is 19.9. The summed E-state index contributed by atoms with van der Waals surface area (Å²) in [5, 5.41) is 11.2. The van der Waals surface area contributed by atoms with Gasteiger partial charge in [-0.2, -0.15) is 0 Å². The number of Topliss-reactive ketones (excluding diaryl/α,β-unsaturated/α-hetero) is 1. The molecule has 2 aliphatic rings. The standard InChI is InChI=1S/C38H57N5O7S/c1-9-11-17-29(30(44)33(46)39-20-10-2)40-32(45)26(3)43(23-27-22-37(27,7)8)34(47)31(36(4,5)6)41-35(48)42-38(18-13-12-14-19-38)25-51(49)24-28-16-15-21-50-28/h1,10,15-16,21,26-27,29,31H,2,11-14,17-20,22-25H2,3-8H3,(H,39,46)(H,40,45)(H2,41,42,48)/t26?,27?,29?,31-,51?/m1/s1. The number of carbonyl (C=O) groups is 5. The second-order valence-corrected chi connectivity index (χ2v) is 17.2. The van der Waals surface area contributed by atoms with Crippen LogP contribution in [0.4, 0.5) is 4.79 Å². The lowest BCUT2D eigenvalue weighted by Gasteiger charge is -2.40. The summed E-state index contributed by atoms with van der Waals surface area (Å²) in [6, 6.07) is -0.298. The lowest BCUT2D eigenvalue weighted by atomic mass is 9.83. The van der Waals surface area contributed by atoms with Crippen molar-refractivity contribution in [2.75, 3.05) is 18.8 Å². The smallest absolute Gasteiger partial charge is 0.316 e. The van der Waals surface area contributed by atoms with E-state index < -0.39 is 69.8 Å². The fraction of sp³-hybridized carbons (Fsp3) is 0.658. The molecule has 1 aromatic heterocycles. The van der Waals surface area contributed by atoms with Crippen LogP contribution in [0.3, 0.4) is 0 Å². The van der Waals surface area contributed by atoms with Crippen molar-refractivity contribution in [3.63, 3.8) is 0 Å². The Labute approximate surface area is 306 Å². The molecule has 2 aliphatic carbocycles. The van der Waals surface area contributed by atoms with Gasteiger partial charge in [0.25, 0.3) is 5.91 Å². The Morgan fingerprint density at radius 1 is 1.18 bits per heavy atom. The van der Waals surface area contributed by atoms with Gasteiger partial charge in [0, 0.05) is 19.5 Å². The summed E-state index contributed by atoms with van der Waals surface area (Å²) in [7, 11) is 0. The topological polar surface area (TPSA) is 173 Å². The van der Waals surface area contributed by atoms with Crippen LogP contribution in [0.1, 0.15) is 98.7 Å². The van der Waals surface area contributed by atoms with Crippen LogP contribution in [0.2, 0.25) is 0 Å². The summed E-state index contributed by atoms with van der Waals surface area (Å²) >= 11 is -1.30. The minimum Gasteiger partial charge on any atom is -0.616 e. The Bertz CT molecular complexity index is 1420. The van der Waals surface area contributed by atoms with E-state index in [9.17, 15) is 28.5 Å². The number of nitrogens with zero attached hydrogens (tertiary/aromatic N) is 1. The number of urea groups is 1. The van der Waals surface area contributed by atoms with E-state index in [-0.39, 0.29) is 48.8 Å². The Morgan fingerprint density at radius 3 is 2.39 bits per heavy atom.